The Bertz CT molecular complexity index is 892. The van der Waals surface area contributed by atoms with Gasteiger partial charge in [-0.15, -0.1) is 15.3 Å². The van der Waals surface area contributed by atoms with Gasteiger partial charge in [-0.25, -0.2) is 4.39 Å². The van der Waals surface area contributed by atoms with E-state index in [0.29, 0.717) is 22.4 Å². The molecule has 3 aromatic rings. The zero-order valence-electron chi connectivity index (χ0n) is 12.8. The van der Waals surface area contributed by atoms with Crippen molar-refractivity contribution in [1.82, 2.24) is 30.4 Å². The second kappa shape index (κ2) is 6.61. The molecular formula is C14H12FN7O2S. The van der Waals surface area contributed by atoms with Crippen LogP contribution in [0.3, 0.4) is 0 Å². The number of carbonyl (C=O) groups excluding carboxylic acids is 1. The Morgan fingerprint density at radius 1 is 1.40 bits per heavy atom. The van der Waals surface area contributed by atoms with Gasteiger partial charge in [-0.3, -0.25) is 10.1 Å². The van der Waals surface area contributed by atoms with Crippen LogP contribution in [0.15, 0.2) is 24.5 Å². The number of aromatic nitrogens is 6. The third kappa shape index (κ3) is 3.23. The van der Waals surface area contributed by atoms with Gasteiger partial charge >= 0.3 is 0 Å². The number of amides is 1. The topological polar surface area (TPSA) is 108 Å². The van der Waals surface area contributed by atoms with Crippen LogP contribution in [0.5, 0.6) is 0 Å². The molecule has 4 rings (SSSR count). The second-order valence-electron chi connectivity index (χ2n) is 5.32. The lowest BCUT2D eigenvalue weighted by Crippen LogP contribution is -2.15. The van der Waals surface area contributed by atoms with Crippen molar-refractivity contribution in [2.45, 2.75) is 18.9 Å². The minimum atomic E-state index is -0.542. The van der Waals surface area contributed by atoms with Gasteiger partial charge in [-0.1, -0.05) is 11.3 Å². The van der Waals surface area contributed by atoms with Crippen molar-refractivity contribution in [1.29, 1.82) is 0 Å². The maximum atomic E-state index is 13.6. The van der Waals surface area contributed by atoms with E-state index in [0.717, 1.165) is 18.9 Å². The quantitative estimate of drug-likeness (QED) is 0.754. The van der Waals surface area contributed by atoms with Crippen LogP contribution in [0.1, 0.15) is 34.3 Å². The summed E-state index contributed by atoms with van der Waals surface area (Å²) in [6.45, 7) is 0.699. The fourth-order valence-corrected chi connectivity index (χ4v) is 3.34. The number of benzene rings is 1. The van der Waals surface area contributed by atoms with E-state index < -0.39 is 11.7 Å². The number of carbonyl (C=O) groups is 1. The van der Waals surface area contributed by atoms with Crippen molar-refractivity contribution in [2.75, 3.05) is 11.9 Å². The van der Waals surface area contributed by atoms with Crippen molar-refractivity contribution in [3.05, 3.63) is 40.9 Å². The van der Waals surface area contributed by atoms with Crippen LogP contribution >= 0.6 is 11.3 Å². The zero-order valence-corrected chi connectivity index (χ0v) is 13.6. The molecule has 0 radical (unpaired) electrons. The van der Waals surface area contributed by atoms with Crippen LogP contribution in [0, 0.1) is 5.82 Å². The molecule has 0 saturated carbocycles. The van der Waals surface area contributed by atoms with Gasteiger partial charge in [0.25, 0.3) is 5.91 Å². The normalized spacial score (nSPS) is 16.9. The summed E-state index contributed by atoms with van der Waals surface area (Å²) in [7, 11) is 0. The third-order valence-electron chi connectivity index (χ3n) is 3.67. The molecule has 0 spiro atoms. The van der Waals surface area contributed by atoms with Crippen LogP contribution in [0.4, 0.5) is 9.52 Å². The number of tetrazole rings is 1. The molecular weight excluding hydrogens is 349 g/mol. The van der Waals surface area contributed by atoms with E-state index in [1.54, 1.807) is 0 Å². The van der Waals surface area contributed by atoms with Gasteiger partial charge in [-0.05, 0) is 41.5 Å². The van der Waals surface area contributed by atoms with Gasteiger partial charge in [0, 0.05) is 6.61 Å². The van der Waals surface area contributed by atoms with Crippen molar-refractivity contribution < 1.29 is 13.9 Å². The van der Waals surface area contributed by atoms with Gasteiger partial charge in [0.2, 0.25) is 5.13 Å². The number of halogens is 1. The van der Waals surface area contributed by atoms with E-state index in [1.165, 1.54) is 34.5 Å². The molecule has 1 aromatic carbocycles. The smallest absolute Gasteiger partial charge is 0.259 e. The average molecular weight is 361 g/mol. The lowest BCUT2D eigenvalue weighted by molar-refractivity contribution is 0.102. The molecule has 0 unspecified atom stereocenters. The van der Waals surface area contributed by atoms with Crippen LogP contribution in [0.2, 0.25) is 0 Å². The van der Waals surface area contributed by atoms with Crippen LogP contribution in [-0.2, 0) is 4.74 Å². The average Bonchev–Trinajstić information content (AvgIpc) is 3.36. The van der Waals surface area contributed by atoms with E-state index in [-0.39, 0.29) is 11.7 Å². The lowest BCUT2D eigenvalue weighted by atomic mass is 10.1. The number of nitrogens with one attached hydrogen (secondary N) is 1. The van der Waals surface area contributed by atoms with E-state index in [2.05, 4.69) is 31.0 Å². The van der Waals surface area contributed by atoms with Gasteiger partial charge < -0.3 is 4.74 Å². The summed E-state index contributed by atoms with van der Waals surface area (Å²) in [6.07, 6.45) is 3.11. The maximum Gasteiger partial charge on any atom is 0.259 e. The van der Waals surface area contributed by atoms with Crippen LogP contribution < -0.4 is 5.32 Å². The highest BCUT2D eigenvalue weighted by Gasteiger charge is 2.23. The zero-order chi connectivity index (χ0) is 17.2. The maximum absolute atomic E-state index is 13.6. The van der Waals surface area contributed by atoms with Crippen molar-refractivity contribution in [2.24, 2.45) is 0 Å². The fourth-order valence-electron chi connectivity index (χ4n) is 2.51. The predicted octanol–water partition coefficient (Wildman–Crippen LogP) is 1.76. The molecule has 11 heteroatoms. The highest BCUT2D eigenvalue weighted by Crippen LogP contribution is 2.32. The van der Waals surface area contributed by atoms with E-state index >= 15 is 0 Å². The molecule has 3 heterocycles. The van der Waals surface area contributed by atoms with Gasteiger partial charge in [0.15, 0.2) is 0 Å². The van der Waals surface area contributed by atoms with Gasteiger partial charge in [-0.2, -0.15) is 4.68 Å². The number of rotatable bonds is 4. The Labute approximate surface area is 144 Å². The summed E-state index contributed by atoms with van der Waals surface area (Å²) >= 11 is 1.24. The van der Waals surface area contributed by atoms with Gasteiger partial charge in [0.05, 0.1) is 11.3 Å². The summed E-state index contributed by atoms with van der Waals surface area (Å²) in [5.74, 6) is -1.07. The van der Waals surface area contributed by atoms with E-state index in [4.69, 9.17) is 4.74 Å². The molecule has 9 nitrogen and oxygen atoms in total. The first-order valence-corrected chi connectivity index (χ1v) is 8.31. The fraction of sp³-hybridized carbons (Fsp3) is 0.286. The molecule has 1 saturated heterocycles. The largest absolute Gasteiger partial charge is 0.371 e. The molecule has 0 bridgehead atoms. The molecule has 1 atom stereocenters. The highest BCUT2D eigenvalue weighted by atomic mass is 32.1. The molecule has 2 aromatic heterocycles. The molecule has 1 N–H and O–H groups in total. The number of hydrogen-bond acceptors (Lipinski definition) is 8. The van der Waals surface area contributed by atoms with Crippen molar-refractivity contribution in [3.8, 4) is 5.69 Å². The molecule has 128 valence electrons. The minimum absolute atomic E-state index is 0.0749. The molecule has 0 aliphatic carbocycles. The molecule has 1 amide bonds. The molecule has 1 aliphatic heterocycles. The number of nitrogens with zero attached hydrogens (tertiary/aromatic N) is 6. The highest BCUT2D eigenvalue weighted by molar-refractivity contribution is 7.15. The predicted molar refractivity (Wildman–Crippen MR) is 84.9 cm³/mol. The third-order valence-corrected chi connectivity index (χ3v) is 4.60. The molecule has 1 aliphatic rings. The van der Waals surface area contributed by atoms with E-state index in [1.807, 2.05) is 0 Å². The van der Waals surface area contributed by atoms with Crippen LogP contribution in [0.25, 0.3) is 5.69 Å². The first-order chi connectivity index (χ1) is 12.2. The Morgan fingerprint density at radius 2 is 2.32 bits per heavy atom. The first kappa shape index (κ1) is 15.7. The minimum Gasteiger partial charge on any atom is -0.371 e. The Balaban J connectivity index is 1.58. The van der Waals surface area contributed by atoms with Crippen molar-refractivity contribution >= 4 is 22.4 Å². The molecule has 1 fully saturated rings. The SMILES string of the molecule is O=C(Nc1nnc([C@@H]2CCCO2)s1)c1cc(F)ccc1-n1cnnn1. The summed E-state index contributed by atoms with van der Waals surface area (Å²) in [6, 6.07) is 3.78. The van der Waals surface area contributed by atoms with E-state index in [9.17, 15) is 9.18 Å². The summed E-state index contributed by atoms with van der Waals surface area (Å²) in [5, 5.41) is 22.5. The Kier molecular flexibility index (Phi) is 4.15. The van der Waals surface area contributed by atoms with Gasteiger partial charge in [0.1, 0.15) is 23.3 Å². The lowest BCUT2D eigenvalue weighted by Gasteiger charge is -2.08. The summed E-state index contributed by atoms with van der Waals surface area (Å²) in [4.78, 5) is 12.6. The van der Waals surface area contributed by atoms with Crippen LogP contribution in [-0.4, -0.2) is 42.9 Å². The summed E-state index contributed by atoms with van der Waals surface area (Å²) < 4.78 is 20.4. The summed E-state index contributed by atoms with van der Waals surface area (Å²) in [5.41, 5.74) is 0.439. The number of anilines is 1. The Hall–Kier alpha value is -2.79. The number of ether oxygens (including phenoxy) is 1. The van der Waals surface area contributed by atoms with Crippen molar-refractivity contribution in [3.63, 3.8) is 0 Å². The first-order valence-electron chi connectivity index (χ1n) is 7.50. The monoisotopic (exact) mass is 361 g/mol. The second-order valence-corrected chi connectivity index (χ2v) is 6.33. The standard InChI is InChI=1S/C14H12FN7O2S/c15-8-3-4-10(22-7-16-20-21-22)9(6-8)12(23)17-14-19-18-13(25-14)11-2-1-5-24-11/h3-4,6-7,11H,1-2,5H2,(H,17,19,23)/t11-/m0/s1. The Morgan fingerprint density at radius 3 is 3.08 bits per heavy atom. The number of hydrogen-bond donors (Lipinski definition) is 1. The molecule has 25 heavy (non-hydrogen) atoms.